The summed E-state index contributed by atoms with van der Waals surface area (Å²) in [4.78, 5) is 18.7. The van der Waals surface area contributed by atoms with Crippen molar-refractivity contribution in [3.05, 3.63) is 70.8 Å². The first-order chi connectivity index (χ1) is 15.6. The maximum atomic E-state index is 11.8. The zero-order valence-corrected chi connectivity index (χ0v) is 19.7. The van der Waals surface area contributed by atoms with E-state index in [4.69, 9.17) is 0 Å². The summed E-state index contributed by atoms with van der Waals surface area (Å²) in [5.74, 6) is 0.715. The number of hydrogen-bond acceptors (Lipinski definition) is 3. The Morgan fingerprint density at radius 3 is 2.56 bits per heavy atom. The molecule has 172 valence electrons. The first-order valence-corrected chi connectivity index (χ1v) is 11.7. The van der Waals surface area contributed by atoms with Gasteiger partial charge in [0.15, 0.2) is 5.96 Å². The molecule has 1 heterocycles. The smallest absolute Gasteiger partial charge is 0.251 e. The number of rotatable bonds is 8. The monoisotopic (exact) mass is 435 g/mol. The quantitative estimate of drug-likeness (QED) is 0.439. The zero-order valence-electron chi connectivity index (χ0n) is 19.7. The van der Waals surface area contributed by atoms with Gasteiger partial charge in [0, 0.05) is 45.3 Å². The summed E-state index contributed by atoms with van der Waals surface area (Å²) in [6, 6.07) is 17.3. The highest BCUT2D eigenvalue weighted by molar-refractivity contribution is 5.94. The number of likely N-dealkylation sites (tertiary alicyclic amines) is 1. The van der Waals surface area contributed by atoms with Crippen LogP contribution < -0.4 is 16.0 Å². The summed E-state index contributed by atoms with van der Waals surface area (Å²) < 4.78 is 0. The Labute approximate surface area is 192 Å². The zero-order chi connectivity index (χ0) is 22.8. The van der Waals surface area contributed by atoms with Gasteiger partial charge in [-0.2, -0.15) is 0 Å². The molecule has 1 aliphatic rings. The lowest BCUT2D eigenvalue weighted by molar-refractivity contribution is 0.0963. The normalized spacial score (nSPS) is 17.1. The van der Waals surface area contributed by atoms with Crippen LogP contribution in [-0.4, -0.2) is 50.0 Å². The van der Waals surface area contributed by atoms with Gasteiger partial charge in [-0.1, -0.05) is 42.8 Å². The number of nitrogens with zero attached hydrogens (tertiary/aromatic N) is 2. The second kappa shape index (κ2) is 12.2. The van der Waals surface area contributed by atoms with Crippen LogP contribution in [0, 0.1) is 0 Å². The molecule has 2 aromatic carbocycles. The van der Waals surface area contributed by atoms with Crippen molar-refractivity contribution in [2.75, 3.05) is 27.2 Å². The summed E-state index contributed by atoms with van der Waals surface area (Å²) in [5.41, 5.74) is 4.42. The molecule has 0 saturated carbocycles. The van der Waals surface area contributed by atoms with Crippen molar-refractivity contribution in [1.82, 2.24) is 20.9 Å². The third kappa shape index (κ3) is 7.09. The number of carbonyl (C=O) groups excluding carboxylic acids is 1. The van der Waals surface area contributed by atoms with Crippen molar-refractivity contribution in [2.45, 2.75) is 51.7 Å². The molecule has 0 radical (unpaired) electrons. The second-order valence-electron chi connectivity index (χ2n) is 8.51. The van der Waals surface area contributed by atoms with Gasteiger partial charge in [0.2, 0.25) is 0 Å². The maximum absolute atomic E-state index is 11.8. The van der Waals surface area contributed by atoms with E-state index in [9.17, 15) is 4.79 Å². The van der Waals surface area contributed by atoms with E-state index in [1.165, 1.54) is 36.9 Å². The Kier molecular flexibility index (Phi) is 9.11. The number of aliphatic imine (C=N–C) groups is 1. The Bertz CT molecular complexity index is 893. The molecule has 1 saturated heterocycles. The van der Waals surface area contributed by atoms with E-state index in [0.717, 1.165) is 37.6 Å². The summed E-state index contributed by atoms with van der Waals surface area (Å²) in [6.45, 7) is 6.06. The number of carbonyl (C=O) groups is 1. The average molecular weight is 436 g/mol. The lowest BCUT2D eigenvalue weighted by Crippen LogP contribution is -2.38. The largest absolute Gasteiger partial charge is 0.356 e. The van der Waals surface area contributed by atoms with Crippen molar-refractivity contribution in [1.29, 1.82) is 0 Å². The minimum atomic E-state index is -0.0613. The molecule has 1 amide bonds. The molecule has 32 heavy (non-hydrogen) atoms. The van der Waals surface area contributed by atoms with Crippen LogP contribution in [0.3, 0.4) is 0 Å². The van der Waals surface area contributed by atoms with Crippen LogP contribution in [0.4, 0.5) is 0 Å². The third-order valence-corrected chi connectivity index (χ3v) is 6.16. The highest BCUT2D eigenvalue weighted by Crippen LogP contribution is 2.19. The molecule has 1 atom stereocenters. The van der Waals surface area contributed by atoms with E-state index >= 15 is 0 Å². The Balaban J connectivity index is 1.43. The fraction of sp³-hybridized carbons (Fsp3) is 0.462. The van der Waals surface area contributed by atoms with Crippen molar-refractivity contribution in [3.63, 3.8) is 0 Å². The topological polar surface area (TPSA) is 68.8 Å². The van der Waals surface area contributed by atoms with Crippen molar-refractivity contribution in [3.8, 4) is 0 Å². The number of benzene rings is 2. The van der Waals surface area contributed by atoms with Crippen LogP contribution in [-0.2, 0) is 19.5 Å². The predicted molar refractivity (Wildman–Crippen MR) is 132 cm³/mol. The molecule has 6 heteroatoms. The lowest BCUT2D eigenvalue weighted by atomic mass is 10.0. The first-order valence-electron chi connectivity index (χ1n) is 11.7. The number of nitrogens with one attached hydrogen (secondary N) is 3. The average Bonchev–Trinajstić information content (AvgIpc) is 2.83. The fourth-order valence-corrected chi connectivity index (χ4v) is 4.13. The first kappa shape index (κ1) is 23.8. The SMILES string of the molecule is CN=C(NCCc1cccc(C(=O)NC)c1)NCc1ccc(CN2CCCCC2C)cc1. The van der Waals surface area contributed by atoms with Crippen LogP contribution in [0.2, 0.25) is 0 Å². The van der Waals surface area contributed by atoms with Gasteiger partial charge < -0.3 is 16.0 Å². The molecule has 0 aromatic heterocycles. The summed E-state index contributed by atoms with van der Waals surface area (Å²) in [6.07, 6.45) is 4.81. The summed E-state index contributed by atoms with van der Waals surface area (Å²) >= 11 is 0. The van der Waals surface area contributed by atoms with Gasteiger partial charge in [0.25, 0.3) is 5.91 Å². The van der Waals surface area contributed by atoms with E-state index in [1.54, 1.807) is 14.1 Å². The number of hydrogen-bond donors (Lipinski definition) is 3. The van der Waals surface area contributed by atoms with Gasteiger partial charge in [0.1, 0.15) is 0 Å². The van der Waals surface area contributed by atoms with Crippen LogP contribution in [0.15, 0.2) is 53.5 Å². The van der Waals surface area contributed by atoms with Gasteiger partial charge in [-0.05, 0) is 61.6 Å². The Morgan fingerprint density at radius 1 is 1.06 bits per heavy atom. The van der Waals surface area contributed by atoms with Gasteiger partial charge in [-0.15, -0.1) is 0 Å². The highest BCUT2D eigenvalue weighted by atomic mass is 16.1. The molecule has 1 aliphatic heterocycles. The molecule has 0 spiro atoms. The minimum Gasteiger partial charge on any atom is -0.356 e. The van der Waals surface area contributed by atoms with E-state index < -0.39 is 0 Å². The van der Waals surface area contributed by atoms with E-state index in [1.807, 2.05) is 24.3 Å². The highest BCUT2D eigenvalue weighted by Gasteiger charge is 2.17. The molecule has 2 aromatic rings. The molecule has 3 N–H and O–H groups in total. The Hall–Kier alpha value is -2.86. The van der Waals surface area contributed by atoms with Crippen LogP contribution in [0.1, 0.15) is 53.2 Å². The van der Waals surface area contributed by atoms with Crippen molar-refractivity contribution >= 4 is 11.9 Å². The van der Waals surface area contributed by atoms with Gasteiger partial charge in [-0.25, -0.2) is 0 Å². The molecule has 6 nitrogen and oxygen atoms in total. The van der Waals surface area contributed by atoms with Crippen LogP contribution >= 0.6 is 0 Å². The number of piperidine rings is 1. The third-order valence-electron chi connectivity index (χ3n) is 6.16. The van der Waals surface area contributed by atoms with E-state index in [-0.39, 0.29) is 5.91 Å². The molecule has 0 aliphatic carbocycles. The minimum absolute atomic E-state index is 0.0613. The van der Waals surface area contributed by atoms with Gasteiger partial charge in [0.05, 0.1) is 0 Å². The van der Waals surface area contributed by atoms with E-state index in [2.05, 4.69) is 57.0 Å². The Morgan fingerprint density at radius 2 is 1.84 bits per heavy atom. The summed E-state index contributed by atoms with van der Waals surface area (Å²) in [7, 11) is 3.43. The standard InChI is InChI=1S/C26H37N5O/c1-20-7-4-5-16-31(20)19-23-12-10-22(11-13-23)18-30-26(28-3)29-15-14-21-8-6-9-24(17-21)25(32)27-2/h6,8-13,17,20H,4-5,7,14-16,18-19H2,1-3H3,(H,27,32)(H2,28,29,30). The molecule has 1 fully saturated rings. The summed E-state index contributed by atoms with van der Waals surface area (Å²) in [5, 5.41) is 9.40. The molecular formula is C26H37N5O. The molecule has 0 bridgehead atoms. The van der Waals surface area contributed by atoms with Gasteiger partial charge >= 0.3 is 0 Å². The van der Waals surface area contributed by atoms with Crippen LogP contribution in [0.5, 0.6) is 0 Å². The number of amides is 1. The molecule has 3 rings (SSSR count). The lowest BCUT2D eigenvalue weighted by Gasteiger charge is -2.33. The van der Waals surface area contributed by atoms with Crippen molar-refractivity contribution in [2.24, 2.45) is 4.99 Å². The maximum Gasteiger partial charge on any atom is 0.251 e. The van der Waals surface area contributed by atoms with E-state index in [0.29, 0.717) is 11.6 Å². The molecular weight excluding hydrogens is 398 g/mol. The second-order valence-corrected chi connectivity index (χ2v) is 8.51. The predicted octanol–water partition coefficient (Wildman–Crippen LogP) is 3.33. The number of guanidine groups is 1. The van der Waals surface area contributed by atoms with Crippen molar-refractivity contribution < 1.29 is 4.79 Å². The fourth-order valence-electron chi connectivity index (χ4n) is 4.13. The molecule has 1 unspecified atom stereocenters. The van der Waals surface area contributed by atoms with Crippen LogP contribution in [0.25, 0.3) is 0 Å². The van der Waals surface area contributed by atoms with Gasteiger partial charge in [-0.3, -0.25) is 14.7 Å².